The molecule has 0 radical (unpaired) electrons. The van der Waals surface area contributed by atoms with Gasteiger partial charge in [-0.15, -0.1) is 0 Å². The first kappa shape index (κ1) is 19.3. The summed E-state index contributed by atoms with van der Waals surface area (Å²) in [7, 11) is 0. The number of ether oxygens (including phenoxy) is 1. The number of carbonyl (C=O) groups excluding carboxylic acids is 1. The Morgan fingerprint density at radius 1 is 1.22 bits per heavy atom. The molecule has 0 aliphatic carbocycles. The van der Waals surface area contributed by atoms with Gasteiger partial charge in [-0.1, -0.05) is 6.07 Å². The molecule has 1 rings (SSSR count). The van der Waals surface area contributed by atoms with Crippen LogP contribution in [-0.4, -0.2) is 35.2 Å². The molecule has 0 saturated heterocycles. The van der Waals surface area contributed by atoms with Crippen LogP contribution < -0.4 is 5.32 Å². The number of hydrogen-bond acceptors (Lipinski definition) is 3. The third-order valence-corrected chi connectivity index (χ3v) is 3.26. The van der Waals surface area contributed by atoms with Crippen molar-refractivity contribution in [3.8, 4) is 0 Å². The monoisotopic (exact) mass is 324 g/mol. The van der Waals surface area contributed by atoms with Crippen LogP contribution in [-0.2, 0) is 4.74 Å². The van der Waals surface area contributed by atoms with Crippen molar-refractivity contribution in [3.63, 3.8) is 0 Å². The Kier molecular flexibility index (Phi) is 6.03. The number of anilines is 1. The van der Waals surface area contributed by atoms with E-state index in [0.717, 1.165) is 0 Å². The third kappa shape index (κ3) is 6.47. The maximum absolute atomic E-state index is 13.5. The number of amides is 1. The molecule has 1 N–H and O–H groups in total. The molecule has 0 fully saturated rings. The Morgan fingerprint density at radius 2 is 1.83 bits per heavy atom. The first-order valence-electron chi connectivity index (χ1n) is 7.91. The lowest BCUT2D eigenvalue weighted by Gasteiger charge is -2.37. The van der Waals surface area contributed by atoms with E-state index in [1.54, 1.807) is 17.9 Å². The van der Waals surface area contributed by atoms with Crippen LogP contribution in [0.15, 0.2) is 18.2 Å². The van der Waals surface area contributed by atoms with Crippen molar-refractivity contribution in [3.05, 3.63) is 29.6 Å². The largest absolute Gasteiger partial charge is 0.444 e. The summed E-state index contributed by atoms with van der Waals surface area (Å²) in [5.74, 6) is -0.241. The summed E-state index contributed by atoms with van der Waals surface area (Å²) < 4.78 is 19.0. The lowest BCUT2D eigenvalue weighted by Crippen LogP contribution is -2.49. The van der Waals surface area contributed by atoms with Gasteiger partial charge in [0, 0.05) is 24.3 Å². The number of hydrogen-bond donors (Lipinski definition) is 1. The Bertz CT molecular complexity index is 545. The minimum Gasteiger partial charge on any atom is -0.444 e. The molecule has 0 aliphatic heterocycles. The van der Waals surface area contributed by atoms with Gasteiger partial charge in [0.2, 0.25) is 0 Å². The van der Waals surface area contributed by atoms with Gasteiger partial charge in [0.25, 0.3) is 0 Å². The van der Waals surface area contributed by atoms with Gasteiger partial charge in [-0.2, -0.15) is 0 Å². The molecule has 5 heteroatoms. The summed E-state index contributed by atoms with van der Waals surface area (Å²) in [6.45, 7) is 14.1. The minimum absolute atomic E-state index is 0.241. The summed E-state index contributed by atoms with van der Waals surface area (Å²) in [5, 5.41) is 3.14. The highest BCUT2D eigenvalue weighted by molar-refractivity contribution is 5.69. The minimum atomic E-state index is -0.534. The van der Waals surface area contributed by atoms with Crippen LogP contribution in [0.3, 0.4) is 0 Å². The highest BCUT2D eigenvalue weighted by atomic mass is 19.1. The SMILES string of the molecule is Cc1ccc(NCCN(C(=O)OC(C)(C)C)C(C)(C)C)cc1F. The zero-order chi connectivity index (χ0) is 17.8. The zero-order valence-corrected chi connectivity index (χ0v) is 15.3. The molecule has 4 nitrogen and oxygen atoms in total. The normalized spacial score (nSPS) is 12.0. The summed E-state index contributed by atoms with van der Waals surface area (Å²) in [4.78, 5) is 14.0. The Hall–Kier alpha value is -1.78. The molecule has 0 aliphatic rings. The van der Waals surface area contributed by atoms with E-state index in [-0.39, 0.29) is 17.4 Å². The van der Waals surface area contributed by atoms with Crippen molar-refractivity contribution in [2.24, 2.45) is 0 Å². The number of halogens is 1. The summed E-state index contributed by atoms with van der Waals surface area (Å²) in [6.07, 6.45) is -0.345. The van der Waals surface area contributed by atoms with Crippen LogP contribution in [0.4, 0.5) is 14.9 Å². The first-order chi connectivity index (χ1) is 10.4. The molecule has 23 heavy (non-hydrogen) atoms. The second-order valence-electron chi connectivity index (χ2n) is 7.69. The molecule has 0 spiro atoms. The molecule has 130 valence electrons. The molecule has 1 aromatic carbocycles. The lowest BCUT2D eigenvalue weighted by atomic mass is 10.1. The van der Waals surface area contributed by atoms with E-state index < -0.39 is 5.60 Å². The molecule has 0 unspecified atom stereocenters. The Morgan fingerprint density at radius 3 is 2.30 bits per heavy atom. The smallest absolute Gasteiger partial charge is 0.410 e. The van der Waals surface area contributed by atoms with Gasteiger partial charge in [0.1, 0.15) is 11.4 Å². The fourth-order valence-corrected chi connectivity index (χ4v) is 2.03. The standard InChI is InChI=1S/C18H29FN2O2/c1-13-8-9-14(12-15(13)19)20-10-11-21(17(2,3)4)16(22)23-18(5,6)7/h8-9,12,20H,10-11H2,1-7H3. The van der Waals surface area contributed by atoms with Gasteiger partial charge >= 0.3 is 6.09 Å². The molecular formula is C18H29FN2O2. The van der Waals surface area contributed by atoms with Gasteiger partial charge in [0.15, 0.2) is 0 Å². The summed E-state index contributed by atoms with van der Waals surface area (Å²) in [6, 6.07) is 5.02. The predicted octanol–water partition coefficient (Wildman–Crippen LogP) is 4.58. The number of nitrogens with zero attached hydrogens (tertiary/aromatic N) is 1. The van der Waals surface area contributed by atoms with E-state index in [0.29, 0.717) is 24.3 Å². The van der Waals surface area contributed by atoms with Crippen LogP contribution in [0.2, 0.25) is 0 Å². The molecule has 1 aromatic rings. The Labute approximate surface area is 139 Å². The first-order valence-corrected chi connectivity index (χ1v) is 7.91. The van der Waals surface area contributed by atoms with Crippen LogP contribution in [0, 0.1) is 12.7 Å². The maximum Gasteiger partial charge on any atom is 0.410 e. The zero-order valence-electron chi connectivity index (χ0n) is 15.3. The van der Waals surface area contributed by atoms with Crippen molar-refractivity contribution in [1.82, 2.24) is 4.90 Å². The highest BCUT2D eigenvalue weighted by Crippen LogP contribution is 2.19. The van der Waals surface area contributed by atoms with Crippen molar-refractivity contribution in [2.45, 2.75) is 59.6 Å². The van der Waals surface area contributed by atoms with Crippen molar-refractivity contribution < 1.29 is 13.9 Å². The summed E-state index contributed by atoms with van der Waals surface area (Å²) >= 11 is 0. The van der Waals surface area contributed by atoms with E-state index in [9.17, 15) is 9.18 Å². The van der Waals surface area contributed by atoms with E-state index in [1.807, 2.05) is 47.6 Å². The number of carbonyl (C=O) groups is 1. The van der Waals surface area contributed by atoms with E-state index in [4.69, 9.17) is 4.74 Å². The van der Waals surface area contributed by atoms with Crippen molar-refractivity contribution in [1.29, 1.82) is 0 Å². The number of aryl methyl sites for hydroxylation is 1. The van der Waals surface area contributed by atoms with Gasteiger partial charge in [0.05, 0.1) is 0 Å². The second kappa shape index (κ2) is 7.20. The fourth-order valence-electron chi connectivity index (χ4n) is 2.03. The second-order valence-corrected chi connectivity index (χ2v) is 7.69. The van der Waals surface area contributed by atoms with Crippen molar-refractivity contribution >= 4 is 11.8 Å². The summed E-state index contributed by atoms with van der Waals surface area (Å²) in [5.41, 5.74) is 0.420. The molecule has 0 atom stereocenters. The molecule has 0 saturated carbocycles. The van der Waals surface area contributed by atoms with Crippen LogP contribution >= 0.6 is 0 Å². The van der Waals surface area contributed by atoms with Gasteiger partial charge in [-0.3, -0.25) is 0 Å². The predicted molar refractivity (Wildman–Crippen MR) is 92.3 cm³/mol. The number of rotatable bonds is 4. The number of benzene rings is 1. The van der Waals surface area contributed by atoms with Crippen LogP contribution in [0.5, 0.6) is 0 Å². The van der Waals surface area contributed by atoms with Gasteiger partial charge in [-0.25, -0.2) is 9.18 Å². The topological polar surface area (TPSA) is 41.6 Å². The highest BCUT2D eigenvalue weighted by Gasteiger charge is 2.30. The van der Waals surface area contributed by atoms with Crippen molar-refractivity contribution in [2.75, 3.05) is 18.4 Å². The molecule has 0 bridgehead atoms. The third-order valence-electron chi connectivity index (χ3n) is 3.26. The average Bonchev–Trinajstić information content (AvgIpc) is 2.35. The molecular weight excluding hydrogens is 295 g/mol. The number of nitrogens with one attached hydrogen (secondary N) is 1. The quantitative estimate of drug-likeness (QED) is 0.881. The molecule has 0 heterocycles. The van der Waals surface area contributed by atoms with E-state index in [2.05, 4.69) is 5.32 Å². The average molecular weight is 324 g/mol. The van der Waals surface area contributed by atoms with E-state index >= 15 is 0 Å². The molecule has 0 aromatic heterocycles. The van der Waals surface area contributed by atoms with Gasteiger partial charge in [-0.05, 0) is 66.2 Å². The van der Waals surface area contributed by atoms with Crippen LogP contribution in [0.1, 0.15) is 47.1 Å². The maximum atomic E-state index is 13.5. The van der Waals surface area contributed by atoms with Crippen LogP contribution in [0.25, 0.3) is 0 Å². The molecule has 1 amide bonds. The lowest BCUT2D eigenvalue weighted by molar-refractivity contribution is 0.00749. The van der Waals surface area contributed by atoms with E-state index in [1.165, 1.54) is 6.07 Å². The van der Waals surface area contributed by atoms with Gasteiger partial charge < -0.3 is 15.0 Å². The Balaban J connectivity index is 2.68. The fraction of sp³-hybridized carbons (Fsp3) is 0.611.